The third-order valence-corrected chi connectivity index (χ3v) is 2.46. The Morgan fingerprint density at radius 2 is 2.31 bits per heavy atom. The van der Waals surface area contributed by atoms with Crippen molar-refractivity contribution in [2.24, 2.45) is 0 Å². The van der Waals surface area contributed by atoms with Crippen molar-refractivity contribution >= 4 is 17.5 Å². The van der Waals surface area contributed by atoms with E-state index in [0.717, 1.165) is 12.0 Å². The summed E-state index contributed by atoms with van der Waals surface area (Å²) < 4.78 is 0. The van der Waals surface area contributed by atoms with Gasteiger partial charge in [-0.1, -0.05) is 17.7 Å². The van der Waals surface area contributed by atoms with E-state index in [4.69, 9.17) is 11.6 Å². The number of nitrogens with one attached hydrogen (secondary N) is 1. The zero-order valence-corrected chi connectivity index (χ0v) is 8.06. The van der Waals surface area contributed by atoms with E-state index >= 15 is 0 Å². The first-order chi connectivity index (χ1) is 6.16. The minimum atomic E-state index is -0.0174. The van der Waals surface area contributed by atoms with Crippen LogP contribution in [0.4, 0.5) is 0 Å². The molecule has 13 heavy (non-hydrogen) atoms. The van der Waals surface area contributed by atoms with Gasteiger partial charge in [-0.15, -0.1) is 0 Å². The molecule has 3 heteroatoms. The lowest BCUT2D eigenvalue weighted by atomic mass is 9.96. The Labute approximate surface area is 81.9 Å². The van der Waals surface area contributed by atoms with Crippen LogP contribution in [0.3, 0.4) is 0 Å². The third-order valence-electron chi connectivity index (χ3n) is 2.22. The molecule has 0 radical (unpaired) electrons. The highest BCUT2D eigenvalue weighted by molar-refractivity contribution is 6.31. The minimum absolute atomic E-state index is 0.0174. The van der Waals surface area contributed by atoms with Gasteiger partial charge in [0, 0.05) is 16.6 Å². The van der Waals surface area contributed by atoms with Crippen LogP contribution in [0.5, 0.6) is 0 Å². The van der Waals surface area contributed by atoms with E-state index in [1.54, 1.807) is 6.07 Å². The highest BCUT2D eigenvalue weighted by Crippen LogP contribution is 2.20. The maximum absolute atomic E-state index is 11.5. The molecule has 0 saturated carbocycles. The fraction of sp³-hybridized carbons (Fsp3) is 0.300. The zero-order chi connectivity index (χ0) is 9.42. The smallest absolute Gasteiger partial charge is 0.251 e. The van der Waals surface area contributed by atoms with E-state index in [9.17, 15) is 4.79 Å². The maximum atomic E-state index is 11.5. The summed E-state index contributed by atoms with van der Waals surface area (Å²) in [6.45, 7) is 2.00. The van der Waals surface area contributed by atoms with E-state index in [1.165, 1.54) is 0 Å². The van der Waals surface area contributed by atoms with E-state index in [-0.39, 0.29) is 11.9 Å². The molecule has 0 bridgehead atoms. The van der Waals surface area contributed by atoms with Crippen molar-refractivity contribution in [3.05, 3.63) is 34.3 Å². The Balaban J connectivity index is 2.49. The van der Waals surface area contributed by atoms with Crippen molar-refractivity contribution in [3.8, 4) is 0 Å². The Morgan fingerprint density at radius 1 is 1.54 bits per heavy atom. The summed E-state index contributed by atoms with van der Waals surface area (Å²) in [7, 11) is 0. The van der Waals surface area contributed by atoms with Gasteiger partial charge < -0.3 is 5.32 Å². The largest absolute Gasteiger partial charge is 0.349 e. The predicted octanol–water partition coefficient (Wildman–Crippen LogP) is 2.01. The lowest BCUT2D eigenvalue weighted by Gasteiger charge is -2.22. The first kappa shape index (κ1) is 8.57. The van der Waals surface area contributed by atoms with Crippen LogP contribution >= 0.6 is 11.6 Å². The SMILES string of the molecule is CC1Cc2ccc(Cl)cc2C(=O)N1. The van der Waals surface area contributed by atoms with Gasteiger partial charge in [0.25, 0.3) is 5.91 Å². The molecule has 0 aliphatic carbocycles. The number of hydrogen-bond donors (Lipinski definition) is 1. The normalized spacial score (nSPS) is 20.8. The first-order valence-electron chi connectivity index (χ1n) is 4.26. The van der Waals surface area contributed by atoms with Crippen LogP contribution in [0.2, 0.25) is 5.02 Å². The average Bonchev–Trinajstić information content (AvgIpc) is 2.06. The van der Waals surface area contributed by atoms with Gasteiger partial charge in [-0.3, -0.25) is 4.79 Å². The van der Waals surface area contributed by atoms with Crippen molar-refractivity contribution < 1.29 is 4.79 Å². The van der Waals surface area contributed by atoms with Gasteiger partial charge in [-0.2, -0.15) is 0 Å². The van der Waals surface area contributed by atoms with E-state index in [0.29, 0.717) is 10.6 Å². The highest BCUT2D eigenvalue weighted by atomic mass is 35.5. The zero-order valence-electron chi connectivity index (χ0n) is 7.30. The van der Waals surface area contributed by atoms with E-state index < -0.39 is 0 Å². The summed E-state index contributed by atoms with van der Waals surface area (Å²) in [5.41, 5.74) is 1.80. The van der Waals surface area contributed by atoms with Gasteiger partial charge in [-0.05, 0) is 31.0 Å². The number of carbonyl (C=O) groups is 1. The third kappa shape index (κ3) is 1.54. The lowest BCUT2D eigenvalue weighted by molar-refractivity contribution is 0.0929. The molecule has 1 atom stereocenters. The van der Waals surface area contributed by atoms with Crippen LogP contribution in [0, 0.1) is 0 Å². The molecule has 1 N–H and O–H groups in total. The number of carbonyl (C=O) groups excluding carboxylic acids is 1. The van der Waals surface area contributed by atoms with Crippen molar-refractivity contribution in [1.82, 2.24) is 5.32 Å². The van der Waals surface area contributed by atoms with Gasteiger partial charge in [0.05, 0.1) is 0 Å². The quantitative estimate of drug-likeness (QED) is 0.674. The molecular weight excluding hydrogens is 186 g/mol. The number of fused-ring (bicyclic) bond motifs is 1. The van der Waals surface area contributed by atoms with Crippen LogP contribution < -0.4 is 5.32 Å². The molecule has 0 fully saturated rings. The molecule has 1 aliphatic rings. The molecule has 0 aromatic heterocycles. The van der Waals surface area contributed by atoms with E-state index in [2.05, 4.69) is 5.32 Å². The predicted molar refractivity (Wildman–Crippen MR) is 52.1 cm³/mol. The molecular formula is C10H10ClNO. The van der Waals surface area contributed by atoms with Crippen LogP contribution in [-0.2, 0) is 6.42 Å². The second-order valence-electron chi connectivity index (χ2n) is 3.38. The van der Waals surface area contributed by atoms with Gasteiger partial charge in [0.1, 0.15) is 0 Å². The Bertz CT molecular complexity index is 362. The Hall–Kier alpha value is -1.02. The van der Waals surface area contributed by atoms with Gasteiger partial charge in [0.2, 0.25) is 0 Å². The van der Waals surface area contributed by atoms with Gasteiger partial charge in [-0.25, -0.2) is 0 Å². The maximum Gasteiger partial charge on any atom is 0.251 e. The van der Waals surface area contributed by atoms with Crippen molar-refractivity contribution in [1.29, 1.82) is 0 Å². The summed E-state index contributed by atoms with van der Waals surface area (Å²) in [6.07, 6.45) is 0.887. The molecule has 2 rings (SSSR count). The standard InChI is InChI=1S/C10H10ClNO/c1-6-4-7-2-3-8(11)5-9(7)10(13)12-6/h2-3,5-6H,4H2,1H3,(H,12,13). The molecule has 1 unspecified atom stereocenters. The number of halogens is 1. The van der Waals surface area contributed by atoms with E-state index in [1.807, 2.05) is 19.1 Å². The first-order valence-corrected chi connectivity index (χ1v) is 4.64. The second kappa shape index (κ2) is 3.04. The fourth-order valence-corrected chi connectivity index (χ4v) is 1.79. The molecule has 1 aliphatic heterocycles. The van der Waals surface area contributed by atoms with Gasteiger partial charge >= 0.3 is 0 Å². The summed E-state index contributed by atoms with van der Waals surface area (Å²) in [6, 6.07) is 5.69. The van der Waals surface area contributed by atoms with Crippen molar-refractivity contribution in [2.45, 2.75) is 19.4 Å². The molecule has 0 saturated heterocycles. The molecule has 1 amide bonds. The molecule has 1 aromatic carbocycles. The van der Waals surface area contributed by atoms with Crippen LogP contribution in [0.1, 0.15) is 22.8 Å². The Kier molecular flexibility index (Phi) is 2.00. The molecule has 0 spiro atoms. The van der Waals surface area contributed by atoms with Gasteiger partial charge in [0.15, 0.2) is 0 Å². The number of amides is 1. The monoisotopic (exact) mass is 195 g/mol. The minimum Gasteiger partial charge on any atom is -0.349 e. The molecule has 1 aromatic rings. The summed E-state index contributed by atoms with van der Waals surface area (Å²) >= 11 is 5.80. The fourth-order valence-electron chi connectivity index (χ4n) is 1.62. The lowest BCUT2D eigenvalue weighted by Crippen LogP contribution is -2.39. The average molecular weight is 196 g/mol. The van der Waals surface area contributed by atoms with Crippen molar-refractivity contribution in [2.75, 3.05) is 0 Å². The number of rotatable bonds is 0. The number of hydrogen-bond acceptors (Lipinski definition) is 1. The topological polar surface area (TPSA) is 29.1 Å². The molecule has 68 valence electrons. The second-order valence-corrected chi connectivity index (χ2v) is 3.82. The summed E-state index contributed by atoms with van der Waals surface area (Å²) in [5.74, 6) is -0.0174. The summed E-state index contributed by atoms with van der Waals surface area (Å²) in [4.78, 5) is 11.5. The van der Waals surface area contributed by atoms with Crippen LogP contribution in [0.25, 0.3) is 0 Å². The van der Waals surface area contributed by atoms with Crippen LogP contribution in [0.15, 0.2) is 18.2 Å². The van der Waals surface area contributed by atoms with Crippen molar-refractivity contribution in [3.63, 3.8) is 0 Å². The van der Waals surface area contributed by atoms with Crippen LogP contribution in [-0.4, -0.2) is 11.9 Å². The highest BCUT2D eigenvalue weighted by Gasteiger charge is 2.20. The molecule has 2 nitrogen and oxygen atoms in total. The summed E-state index contributed by atoms with van der Waals surface area (Å²) in [5, 5.41) is 3.48. The Morgan fingerprint density at radius 3 is 3.08 bits per heavy atom. The molecule has 1 heterocycles. The number of benzene rings is 1.